The summed E-state index contributed by atoms with van der Waals surface area (Å²) in [7, 11) is 0. The topological polar surface area (TPSA) is 68.3 Å². The number of anilines is 1. The summed E-state index contributed by atoms with van der Waals surface area (Å²) in [6.07, 6.45) is 0.802. The Kier molecular flexibility index (Phi) is 4.90. The highest BCUT2D eigenvalue weighted by atomic mass is 35.5. The second kappa shape index (κ2) is 6.20. The van der Waals surface area contributed by atoms with Crippen molar-refractivity contribution in [2.24, 2.45) is 0 Å². The van der Waals surface area contributed by atoms with E-state index < -0.39 is 18.0 Å². The number of aromatic nitrogens is 1. The van der Waals surface area contributed by atoms with Gasteiger partial charge in [0.1, 0.15) is 5.82 Å². The van der Waals surface area contributed by atoms with E-state index in [-0.39, 0.29) is 6.42 Å². The smallest absolute Gasteiger partial charge is 0.306 e. The molecule has 1 amide bonds. The van der Waals surface area contributed by atoms with Crippen LogP contribution in [0.5, 0.6) is 0 Å². The second-order valence-electron chi connectivity index (χ2n) is 3.34. The Balaban J connectivity index is 2.54. The van der Waals surface area contributed by atoms with E-state index in [0.29, 0.717) is 10.8 Å². The van der Waals surface area contributed by atoms with Crippen molar-refractivity contribution in [2.75, 3.05) is 5.32 Å². The molecular formula is C11H13ClN2O3. The maximum absolute atomic E-state index is 11.6. The van der Waals surface area contributed by atoms with Gasteiger partial charge in [-0.1, -0.05) is 18.5 Å². The zero-order valence-corrected chi connectivity index (χ0v) is 10.3. The highest BCUT2D eigenvalue weighted by Gasteiger charge is 2.17. The first kappa shape index (κ1) is 13.4. The lowest BCUT2D eigenvalue weighted by Crippen LogP contribution is -2.30. The minimum Gasteiger partial charge on any atom is -0.453 e. The number of ether oxygens (including phenoxy) is 1. The first-order valence-corrected chi connectivity index (χ1v) is 5.52. The second-order valence-corrected chi connectivity index (χ2v) is 3.77. The van der Waals surface area contributed by atoms with Gasteiger partial charge in [-0.05, 0) is 19.1 Å². The normalized spacial score (nSPS) is 11.7. The number of carbonyl (C=O) groups is 2. The van der Waals surface area contributed by atoms with Crippen LogP contribution < -0.4 is 5.32 Å². The average Bonchev–Trinajstić information content (AvgIpc) is 2.31. The standard InChI is InChI=1S/C11H13ClN2O3/c1-3-10(15)17-7(2)11(16)14-9-5-4-8(12)6-13-9/h4-7H,3H2,1-2H3,(H,13,14,16)/t7-/m1/s1. The summed E-state index contributed by atoms with van der Waals surface area (Å²) in [5.74, 6) is -0.489. The van der Waals surface area contributed by atoms with E-state index in [1.807, 2.05) is 0 Å². The van der Waals surface area contributed by atoms with Crippen LogP contribution in [-0.2, 0) is 14.3 Å². The quantitative estimate of drug-likeness (QED) is 0.837. The van der Waals surface area contributed by atoms with Gasteiger partial charge in [-0.3, -0.25) is 9.59 Å². The molecule has 0 saturated carbocycles. The maximum atomic E-state index is 11.6. The van der Waals surface area contributed by atoms with Gasteiger partial charge in [-0.2, -0.15) is 0 Å². The Morgan fingerprint density at radius 1 is 1.53 bits per heavy atom. The molecule has 0 radical (unpaired) electrons. The summed E-state index contributed by atoms with van der Waals surface area (Å²) < 4.78 is 4.85. The number of nitrogens with one attached hydrogen (secondary N) is 1. The van der Waals surface area contributed by atoms with Gasteiger partial charge < -0.3 is 10.1 Å². The lowest BCUT2D eigenvalue weighted by Gasteiger charge is -2.12. The Morgan fingerprint density at radius 2 is 2.24 bits per heavy atom. The van der Waals surface area contributed by atoms with Crippen LogP contribution in [0, 0.1) is 0 Å². The van der Waals surface area contributed by atoms with Crippen LogP contribution >= 0.6 is 11.6 Å². The maximum Gasteiger partial charge on any atom is 0.306 e. The molecular weight excluding hydrogens is 244 g/mol. The van der Waals surface area contributed by atoms with E-state index in [9.17, 15) is 9.59 Å². The Bertz CT molecular complexity index is 406. The average molecular weight is 257 g/mol. The molecule has 0 spiro atoms. The van der Waals surface area contributed by atoms with Gasteiger partial charge >= 0.3 is 5.97 Å². The van der Waals surface area contributed by atoms with Crippen molar-refractivity contribution < 1.29 is 14.3 Å². The van der Waals surface area contributed by atoms with E-state index in [1.165, 1.54) is 13.1 Å². The Hall–Kier alpha value is -1.62. The van der Waals surface area contributed by atoms with Crippen LogP contribution in [0.3, 0.4) is 0 Å². The molecule has 17 heavy (non-hydrogen) atoms. The summed E-state index contributed by atoms with van der Waals surface area (Å²) in [5.41, 5.74) is 0. The van der Waals surface area contributed by atoms with Crippen LogP contribution in [0.2, 0.25) is 5.02 Å². The molecule has 1 N–H and O–H groups in total. The van der Waals surface area contributed by atoms with Gasteiger partial charge in [0.05, 0.1) is 5.02 Å². The lowest BCUT2D eigenvalue weighted by molar-refractivity contribution is -0.152. The fourth-order valence-electron chi connectivity index (χ4n) is 1.01. The Labute approximate surface area is 104 Å². The molecule has 0 bridgehead atoms. The van der Waals surface area contributed by atoms with Gasteiger partial charge in [-0.15, -0.1) is 0 Å². The van der Waals surface area contributed by atoms with Crippen molar-refractivity contribution in [2.45, 2.75) is 26.4 Å². The molecule has 0 aliphatic heterocycles. The number of carbonyl (C=O) groups excluding carboxylic acids is 2. The van der Waals surface area contributed by atoms with Crippen molar-refractivity contribution in [1.82, 2.24) is 4.98 Å². The summed E-state index contributed by atoms with van der Waals surface area (Å²) >= 11 is 5.65. The first-order chi connectivity index (χ1) is 8.02. The van der Waals surface area contributed by atoms with Crippen LogP contribution in [0.15, 0.2) is 18.3 Å². The number of amides is 1. The summed E-state index contributed by atoms with van der Waals surface area (Å²) in [6.45, 7) is 3.16. The highest BCUT2D eigenvalue weighted by molar-refractivity contribution is 6.30. The van der Waals surface area contributed by atoms with Crippen molar-refractivity contribution in [1.29, 1.82) is 0 Å². The minimum absolute atomic E-state index is 0.233. The van der Waals surface area contributed by atoms with Gasteiger partial charge in [0.25, 0.3) is 5.91 Å². The van der Waals surface area contributed by atoms with E-state index >= 15 is 0 Å². The lowest BCUT2D eigenvalue weighted by atomic mass is 10.3. The molecule has 0 aromatic carbocycles. The van der Waals surface area contributed by atoms with Crippen molar-refractivity contribution in [3.8, 4) is 0 Å². The number of halogens is 1. The monoisotopic (exact) mass is 256 g/mol. The van der Waals surface area contributed by atoms with E-state index in [2.05, 4.69) is 10.3 Å². The molecule has 1 atom stereocenters. The molecule has 0 saturated heterocycles. The Morgan fingerprint density at radius 3 is 2.76 bits per heavy atom. The summed E-state index contributed by atoms with van der Waals surface area (Å²) in [4.78, 5) is 26.5. The number of hydrogen-bond donors (Lipinski definition) is 1. The third-order valence-electron chi connectivity index (χ3n) is 1.94. The third-order valence-corrected chi connectivity index (χ3v) is 2.17. The molecule has 0 aliphatic rings. The van der Waals surface area contributed by atoms with Crippen molar-refractivity contribution in [3.63, 3.8) is 0 Å². The van der Waals surface area contributed by atoms with Crippen molar-refractivity contribution >= 4 is 29.3 Å². The predicted octanol–water partition coefficient (Wildman–Crippen LogP) is 2.02. The van der Waals surface area contributed by atoms with Crippen LogP contribution in [0.1, 0.15) is 20.3 Å². The molecule has 1 aromatic heterocycles. The van der Waals surface area contributed by atoms with Gasteiger partial charge in [0.15, 0.2) is 6.10 Å². The van der Waals surface area contributed by atoms with E-state index in [0.717, 1.165) is 0 Å². The third kappa shape index (κ3) is 4.40. The zero-order chi connectivity index (χ0) is 12.8. The molecule has 1 aromatic rings. The molecule has 1 rings (SSSR count). The fourth-order valence-corrected chi connectivity index (χ4v) is 1.12. The summed E-state index contributed by atoms with van der Waals surface area (Å²) in [6, 6.07) is 3.17. The van der Waals surface area contributed by atoms with Crippen molar-refractivity contribution in [3.05, 3.63) is 23.4 Å². The van der Waals surface area contributed by atoms with Crippen LogP contribution in [-0.4, -0.2) is 23.0 Å². The minimum atomic E-state index is -0.847. The molecule has 92 valence electrons. The predicted molar refractivity (Wildman–Crippen MR) is 63.7 cm³/mol. The van der Waals surface area contributed by atoms with Gasteiger partial charge in [0.2, 0.25) is 0 Å². The molecule has 0 unspecified atom stereocenters. The molecule has 6 heteroatoms. The first-order valence-electron chi connectivity index (χ1n) is 5.14. The number of esters is 1. The number of hydrogen-bond acceptors (Lipinski definition) is 4. The van der Waals surface area contributed by atoms with Gasteiger partial charge in [-0.25, -0.2) is 4.98 Å². The number of rotatable bonds is 4. The van der Waals surface area contributed by atoms with E-state index in [4.69, 9.17) is 16.3 Å². The van der Waals surface area contributed by atoms with E-state index in [1.54, 1.807) is 19.1 Å². The van der Waals surface area contributed by atoms with Crippen LogP contribution in [0.25, 0.3) is 0 Å². The molecule has 0 fully saturated rings. The zero-order valence-electron chi connectivity index (χ0n) is 9.57. The number of nitrogens with zero attached hydrogens (tertiary/aromatic N) is 1. The highest BCUT2D eigenvalue weighted by Crippen LogP contribution is 2.10. The molecule has 0 aliphatic carbocycles. The molecule has 5 nitrogen and oxygen atoms in total. The van der Waals surface area contributed by atoms with Gasteiger partial charge in [0, 0.05) is 12.6 Å². The SMILES string of the molecule is CCC(=O)O[C@H](C)C(=O)Nc1ccc(Cl)cn1. The summed E-state index contributed by atoms with van der Waals surface area (Å²) in [5, 5.41) is 2.99. The largest absolute Gasteiger partial charge is 0.453 e. The molecule has 1 heterocycles. The fraction of sp³-hybridized carbons (Fsp3) is 0.364. The number of pyridine rings is 1. The van der Waals surface area contributed by atoms with Crippen LogP contribution in [0.4, 0.5) is 5.82 Å².